The summed E-state index contributed by atoms with van der Waals surface area (Å²) in [7, 11) is 1.54. The number of hydrogen-bond donors (Lipinski definition) is 3. The molecule has 0 bridgehead atoms. The fourth-order valence-corrected chi connectivity index (χ4v) is 1.75. The number of amides is 1. The maximum atomic E-state index is 11.8. The molecule has 0 spiro atoms. The number of carbonyl (C=O) groups excluding carboxylic acids is 1. The van der Waals surface area contributed by atoms with E-state index in [1.165, 1.54) is 12.1 Å². The minimum Gasteiger partial charge on any atom is -0.495 e. The Balaban J connectivity index is 2.03. The van der Waals surface area contributed by atoms with E-state index in [1.807, 2.05) is 6.07 Å². The van der Waals surface area contributed by atoms with E-state index in [0.717, 1.165) is 5.56 Å². The number of H-pyrrole nitrogens is 1. The fraction of sp³-hybridized carbons (Fsp3) is 0.143. The molecule has 0 radical (unpaired) electrons. The standard InChI is InChI=1S/C14H15N3O3/c1-20-12-6-5-9(7-10(12)15)8-16-14(19)11-3-2-4-13(18)17-11/h2-7H,8,15H2,1H3,(H,16,19)(H,17,18). The van der Waals surface area contributed by atoms with E-state index in [4.69, 9.17) is 10.5 Å². The number of hydrogen-bond acceptors (Lipinski definition) is 4. The van der Waals surface area contributed by atoms with Crippen LogP contribution in [0.3, 0.4) is 0 Å². The summed E-state index contributed by atoms with van der Waals surface area (Å²) in [6.07, 6.45) is 0. The predicted molar refractivity (Wildman–Crippen MR) is 75.6 cm³/mol. The topological polar surface area (TPSA) is 97.2 Å². The van der Waals surface area contributed by atoms with Crippen LogP contribution >= 0.6 is 0 Å². The Bertz CT molecular complexity index is 679. The number of nitrogens with two attached hydrogens (primary N) is 1. The zero-order chi connectivity index (χ0) is 14.5. The Labute approximate surface area is 115 Å². The molecule has 0 unspecified atom stereocenters. The highest BCUT2D eigenvalue weighted by molar-refractivity contribution is 5.92. The van der Waals surface area contributed by atoms with E-state index < -0.39 is 0 Å². The lowest BCUT2D eigenvalue weighted by Gasteiger charge is -2.08. The van der Waals surface area contributed by atoms with Crippen molar-refractivity contribution in [2.24, 2.45) is 0 Å². The summed E-state index contributed by atoms with van der Waals surface area (Å²) in [5.74, 6) is 0.240. The maximum Gasteiger partial charge on any atom is 0.268 e. The van der Waals surface area contributed by atoms with Crippen molar-refractivity contribution in [2.45, 2.75) is 6.54 Å². The average Bonchev–Trinajstić information content (AvgIpc) is 2.45. The smallest absolute Gasteiger partial charge is 0.268 e. The summed E-state index contributed by atoms with van der Waals surface area (Å²) in [6.45, 7) is 0.309. The second-order valence-electron chi connectivity index (χ2n) is 4.19. The molecule has 0 saturated heterocycles. The molecule has 6 heteroatoms. The molecule has 0 aliphatic rings. The quantitative estimate of drug-likeness (QED) is 0.721. The monoisotopic (exact) mass is 273 g/mol. The Morgan fingerprint density at radius 2 is 2.15 bits per heavy atom. The molecule has 1 heterocycles. The highest BCUT2D eigenvalue weighted by Gasteiger charge is 2.06. The van der Waals surface area contributed by atoms with Gasteiger partial charge in [0.05, 0.1) is 12.8 Å². The van der Waals surface area contributed by atoms with Crippen LogP contribution in [0.25, 0.3) is 0 Å². The number of aromatic nitrogens is 1. The number of ether oxygens (including phenoxy) is 1. The molecule has 0 fully saturated rings. The number of benzene rings is 1. The first-order valence-corrected chi connectivity index (χ1v) is 6.00. The van der Waals surface area contributed by atoms with Crippen molar-refractivity contribution < 1.29 is 9.53 Å². The SMILES string of the molecule is COc1ccc(CNC(=O)c2cccc(=O)[nH]2)cc1N. The number of carbonyl (C=O) groups is 1. The molecule has 6 nitrogen and oxygen atoms in total. The second-order valence-corrected chi connectivity index (χ2v) is 4.19. The third-order valence-corrected chi connectivity index (χ3v) is 2.76. The highest BCUT2D eigenvalue weighted by atomic mass is 16.5. The normalized spacial score (nSPS) is 10.1. The molecule has 0 aliphatic carbocycles. The van der Waals surface area contributed by atoms with Crippen molar-refractivity contribution in [3.63, 3.8) is 0 Å². The zero-order valence-corrected chi connectivity index (χ0v) is 11.0. The summed E-state index contributed by atoms with van der Waals surface area (Å²) in [4.78, 5) is 25.4. The lowest BCUT2D eigenvalue weighted by molar-refractivity contribution is 0.0945. The van der Waals surface area contributed by atoms with Crippen molar-refractivity contribution >= 4 is 11.6 Å². The van der Waals surface area contributed by atoms with Gasteiger partial charge in [-0.1, -0.05) is 12.1 Å². The van der Waals surface area contributed by atoms with Crippen molar-refractivity contribution in [3.8, 4) is 5.75 Å². The van der Waals surface area contributed by atoms with Gasteiger partial charge in [-0.15, -0.1) is 0 Å². The lowest BCUT2D eigenvalue weighted by Crippen LogP contribution is -2.25. The molecule has 20 heavy (non-hydrogen) atoms. The summed E-state index contributed by atoms with van der Waals surface area (Å²) < 4.78 is 5.06. The molecule has 1 amide bonds. The molecule has 0 saturated carbocycles. The number of pyridine rings is 1. The van der Waals surface area contributed by atoms with Crippen LogP contribution in [0, 0.1) is 0 Å². The van der Waals surface area contributed by atoms with E-state index in [0.29, 0.717) is 18.0 Å². The summed E-state index contributed by atoms with van der Waals surface area (Å²) >= 11 is 0. The Morgan fingerprint density at radius 3 is 2.80 bits per heavy atom. The van der Waals surface area contributed by atoms with Gasteiger partial charge in [0.15, 0.2) is 0 Å². The van der Waals surface area contributed by atoms with Gasteiger partial charge in [-0.25, -0.2) is 0 Å². The molecule has 104 valence electrons. The molecule has 0 atom stereocenters. The Hall–Kier alpha value is -2.76. The van der Waals surface area contributed by atoms with Crippen molar-refractivity contribution in [3.05, 3.63) is 58.0 Å². The number of aromatic amines is 1. The van der Waals surface area contributed by atoms with E-state index in [2.05, 4.69) is 10.3 Å². The van der Waals surface area contributed by atoms with Gasteiger partial charge in [0.1, 0.15) is 11.4 Å². The maximum absolute atomic E-state index is 11.8. The molecule has 1 aromatic carbocycles. The number of methoxy groups -OCH3 is 1. The number of nitrogen functional groups attached to an aromatic ring is 1. The van der Waals surface area contributed by atoms with Gasteiger partial charge in [-0.05, 0) is 23.8 Å². The molecular weight excluding hydrogens is 258 g/mol. The third-order valence-electron chi connectivity index (χ3n) is 2.76. The first-order valence-electron chi connectivity index (χ1n) is 6.00. The van der Waals surface area contributed by atoms with Crippen molar-refractivity contribution in [1.29, 1.82) is 0 Å². The van der Waals surface area contributed by atoms with Gasteiger partial charge >= 0.3 is 0 Å². The fourth-order valence-electron chi connectivity index (χ4n) is 1.75. The van der Waals surface area contributed by atoms with Crippen LogP contribution in [-0.4, -0.2) is 18.0 Å². The van der Waals surface area contributed by atoms with Crippen LogP contribution in [-0.2, 0) is 6.54 Å². The van der Waals surface area contributed by atoms with Gasteiger partial charge in [-0.3, -0.25) is 9.59 Å². The van der Waals surface area contributed by atoms with Crippen LogP contribution in [0.2, 0.25) is 0 Å². The summed E-state index contributed by atoms with van der Waals surface area (Å²) in [5, 5.41) is 2.70. The van der Waals surface area contributed by atoms with Crippen LogP contribution in [0.1, 0.15) is 16.1 Å². The van der Waals surface area contributed by atoms with Crippen LogP contribution in [0.5, 0.6) is 5.75 Å². The molecule has 1 aromatic heterocycles. The number of rotatable bonds is 4. The van der Waals surface area contributed by atoms with E-state index in [-0.39, 0.29) is 17.2 Å². The second kappa shape index (κ2) is 5.92. The molecular formula is C14H15N3O3. The van der Waals surface area contributed by atoms with Gasteiger partial charge in [-0.2, -0.15) is 0 Å². The molecule has 2 aromatic rings. The van der Waals surface area contributed by atoms with Gasteiger partial charge in [0.25, 0.3) is 5.91 Å². The van der Waals surface area contributed by atoms with E-state index in [1.54, 1.807) is 25.3 Å². The molecule has 2 rings (SSSR count). The first kappa shape index (κ1) is 13.7. The van der Waals surface area contributed by atoms with E-state index >= 15 is 0 Å². The van der Waals surface area contributed by atoms with Gasteiger partial charge in [0, 0.05) is 12.6 Å². The van der Waals surface area contributed by atoms with Crippen molar-refractivity contribution in [1.82, 2.24) is 10.3 Å². The van der Waals surface area contributed by atoms with E-state index in [9.17, 15) is 9.59 Å². The highest BCUT2D eigenvalue weighted by Crippen LogP contribution is 2.21. The Morgan fingerprint density at radius 1 is 1.35 bits per heavy atom. The minimum atomic E-state index is -0.350. The predicted octanol–water partition coefficient (Wildman–Crippen LogP) is 0.896. The lowest BCUT2D eigenvalue weighted by atomic mass is 10.2. The Kier molecular flexibility index (Phi) is 4.05. The zero-order valence-electron chi connectivity index (χ0n) is 11.0. The van der Waals surface area contributed by atoms with Gasteiger partial charge < -0.3 is 20.8 Å². The molecule has 4 N–H and O–H groups in total. The third kappa shape index (κ3) is 3.17. The van der Waals surface area contributed by atoms with Gasteiger partial charge in [0.2, 0.25) is 5.56 Å². The molecule has 0 aliphatic heterocycles. The van der Waals surface area contributed by atoms with Crippen molar-refractivity contribution in [2.75, 3.05) is 12.8 Å². The number of anilines is 1. The van der Waals surface area contributed by atoms with Crippen LogP contribution < -0.4 is 21.3 Å². The number of nitrogens with one attached hydrogen (secondary N) is 2. The van der Waals surface area contributed by atoms with Crippen LogP contribution in [0.15, 0.2) is 41.2 Å². The summed E-state index contributed by atoms with van der Waals surface area (Å²) in [6, 6.07) is 9.69. The largest absolute Gasteiger partial charge is 0.495 e. The average molecular weight is 273 g/mol. The summed E-state index contributed by atoms with van der Waals surface area (Å²) in [5.41, 5.74) is 7.04. The minimum absolute atomic E-state index is 0.221. The first-order chi connectivity index (χ1) is 9.60. The van der Waals surface area contributed by atoms with Crippen LogP contribution in [0.4, 0.5) is 5.69 Å².